The highest BCUT2D eigenvalue weighted by Crippen LogP contribution is 2.14. The van der Waals surface area contributed by atoms with Gasteiger partial charge in [-0.3, -0.25) is 4.79 Å². The summed E-state index contributed by atoms with van der Waals surface area (Å²) in [4.78, 5) is 10.3. The first-order chi connectivity index (χ1) is 22.7. The van der Waals surface area contributed by atoms with Crippen LogP contribution in [-0.2, 0) is 4.79 Å². The summed E-state index contributed by atoms with van der Waals surface area (Å²) in [6.07, 6.45) is 49.9. The van der Waals surface area contributed by atoms with Gasteiger partial charge in [0.15, 0.2) is 0 Å². The summed E-state index contributed by atoms with van der Waals surface area (Å²) in [5, 5.41) is 11.9. The second-order valence-corrected chi connectivity index (χ2v) is 13.9. The molecule has 0 aliphatic heterocycles. The number of nitrogens with one attached hydrogen (secondary N) is 1. The SMILES string of the molecule is CCCCCCCCCCCCCCCCCC(=O)O.CCNCCCCCCCCCCCC/C=C\CCCCCCCCN. The monoisotopic (exact) mass is 651 g/mol. The zero-order valence-corrected chi connectivity index (χ0v) is 31.8. The minimum Gasteiger partial charge on any atom is -0.481 e. The molecule has 0 unspecified atom stereocenters. The van der Waals surface area contributed by atoms with Gasteiger partial charge in [0.05, 0.1) is 0 Å². The normalized spacial score (nSPS) is 11.3. The maximum absolute atomic E-state index is 10.3. The average molecular weight is 651 g/mol. The molecular weight excluding hydrogens is 564 g/mol. The highest BCUT2D eigenvalue weighted by Gasteiger charge is 1.97. The lowest BCUT2D eigenvalue weighted by molar-refractivity contribution is -0.137. The standard InChI is InChI=1S/C24H50N2.C18H36O2/c1-2-26-24-22-20-18-16-14-12-10-8-6-4-3-5-7-9-11-13-15-17-19-21-23-25;1-2-3-4-5-6-7-8-9-10-11-12-13-14-15-16-17-18(19)20/h5,7,26H,2-4,6,8-25H2,1H3;2-17H2,1H3,(H,19,20)/b7-5-;. The topological polar surface area (TPSA) is 75.3 Å². The molecule has 4 nitrogen and oxygen atoms in total. The first kappa shape index (κ1) is 47.2. The molecule has 46 heavy (non-hydrogen) atoms. The third-order valence-corrected chi connectivity index (χ3v) is 9.21. The summed E-state index contributed by atoms with van der Waals surface area (Å²) in [6, 6.07) is 0. The maximum Gasteiger partial charge on any atom is 0.303 e. The molecule has 0 radical (unpaired) electrons. The fraction of sp³-hybridized carbons (Fsp3) is 0.929. The van der Waals surface area contributed by atoms with Gasteiger partial charge < -0.3 is 16.2 Å². The Hall–Kier alpha value is -0.870. The predicted octanol–water partition coefficient (Wildman–Crippen LogP) is 13.5. The molecular formula is C42H86N2O2. The molecule has 0 bridgehead atoms. The summed E-state index contributed by atoms with van der Waals surface area (Å²) in [7, 11) is 0. The molecule has 4 heteroatoms. The van der Waals surface area contributed by atoms with E-state index in [4.69, 9.17) is 10.8 Å². The highest BCUT2D eigenvalue weighted by molar-refractivity contribution is 5.66. The van der Waals surface area contributed by atoms with Crippen molar-refractivity contribution in [2.24, 2.45) is 5.73 Å². The van der Waals surface area contributed by atoms with Crippen molar-refractivity contribution in [3.8, 4) is 0 Å². The van der Waals surface area contributed by atoms with Gasteiger partial charge in [-0.2, -0.15) is 0 Å². The first-order valence-electron chi connectivity index (χ1n) is 21.0. The molecule has 0 heterocycles. The molecule has 0 amide bonds. The minimum atomic E-state index is -0.653. The number of hydrogen-bond donors (Lipinski definition) is 3. The van der Waals surface area contributed by atoms with Crippen LogP contribution in [-0.4, -0.2) is 30.7 Å². The van der Waals surface area contributed by atoms with E-state index in [-0.39, 0.29) is 0 Å². The number of rotatable bonds is 38. The van der Waals surface area contributed by atoms with Gasteiger partial charge in [0, 0.05) is 6.42 Å². The van der Waals surface area contributed by atoms with Crippen molar-refractivity contribution in [1.29, 1.82) is 0 Å². The third kappa shape index (κ3) is 50.0. The number of carboxylic acids is 1. The van der Waals surface area contributed by atoms with Gasteiger partial charge in [-0.1, -0.05) is 193 Å². The van der Waals surface area contributed by atoms with Crippen LogP contribution in [0.1, 0.15) is 232 Å². The molecule has 0 aromatic heterocycles. The Morgan fingerprint density at radius 2 is 0.804 bits per heavy atom. The largest absolute Gasteiger partial charge is 0.481 e. The van der Waals surface area contributed by atoms with Crippen LogP contribution >= 0.6 is 0 Å². The quantitative estimate of drug-likeness (QED) is 0.0459. The minimum absolute atomic E-state index is 0.345. The number of aliphatic carboxylic acids is 1. The van der Waals surface area contributed by atoms with Gasteiger partial charge >= 0.3 is 5.97 Å². The molecule has 0 atom stereocenters. The van der Waals surface area contributed by atoms with E-state index in [1.165, 1.54) is 206 Å². The molecule has 0 aromatic rings. The van der Waals surface area contributed by atoms with Crippen LogP contribution in [0.4, 0.5) is 0 Å². The Balaban J connectivity index is 0. The number of carbonyl (C=O) groups is 1. The molecule has 276 valence electrons. The van der Waals surface area contributed by atoms with Gasteiger partial charge in [0.25, 0.3) is 0 Å². The van der Waals surface area contributed by atoms with Gasteiger partial charge in [-0.25, -0.2) is 0 Å². The van der Waals surface area contributed by atoms with Crippen LogP contribution in [0.25, 0.3) is 0 Å². The summed E-state index contributed by atoms with van der Waals surface area (Å²) >= 11 is 0. The van der Waals surface area contributed by atoms with E-state index < -0.39 is 5.97 Å². The first-order valence-corrected chi connectivity index (χ1v) is 21.0. The Morgan fingerprint density at radius 1 is 0.478 bits per heavy atom. The third-order valence-electron chi connectivity index (χ3n) is 9.21. The number of unbranched alkanes of at least 4 members (excludes halogenated alkanes) is 30. The number of carboxylic acid groups (broad SMARTS) is 1. The smallest absolute Gasteiger partial charge is 0.303 e. The van der Waals surface area contributed by atoms with Gasteiger partial charge in [0.1, 0.15) is 0 Å². The van der Waals surface area contributed by atoms with Gasteiger partial charge in [0.2, 0.25) is 0 Å². The Morgan fingerprint density at radius 3 is 1.15 bits per heavy atom. The molecule has 4 N–H and O–H groups in total. The zero-order chi connectivity index (χ0) is 33.9. The van der Waals surface area contributed by atoms with Crippen molar-refractivity contribution >= 4 is 5.97 Å². The second kappa shape index (κ2) is 46.2. The van der Waals surface area contributed by atoms with Crippen molar-refractivity contribution in [2.75, 3.05) is 19.6 Å². The zero-order valence-electron chi connectivity index (χ0n) is 31.8. The molecule has 0 rings (SSSR count). The fourth-order valence-electron chi connectivity index (χ4n) is 6.10. The van der Waals surface area contributed by atoms with E-state index in [1.54, 1.807) is 0 Å². The molecule has 0 aromatic carbocycles. The van der Waals surface area contributed by atoms with Crippen molar-refractivity contribution in [3.05, 3.63) is 12.2 Å². The van der Waals surface area contributed by atoms with Crippen LogP contribution < -0.4 is 11.1 Å². The fourth-order valence-corrected chi connectivity index (χ4v) is 6.10. The maximum atomic E-state index is 10.3. The van der Waals surface area contributed by atoms with Gasteiger partial charge in [-0.15, -0.1) is 0 Å². The van der Waals surface area contributed by atoms with Gasteiger partial charge in [-0.05, 0) is 64.6 Å². The predicted molar refractivity (Wildman–Crippen MR) is 207 cm³/mol. The van der Waals surface area contributed by atoms with E-state index >= 15 is 0 Å². The van der Waals surface area contributed by atoms with E-state index in [1.807, 2.05) is 0 Å². The van der Waals surface area contributed by atoms with Crippen molar-refractivity contribution in [1.82, 2.24) is 5.32 Å². The summed E-state index contributed by atoms with van der Waals surface area (Å²) in [5.41, 5.74) is 5.51. The molecule has 0 saturated carbocycles. The second-order valence-electron chi connectivity index (χ2n) is 13.9. The molecule has 0 aliphatic rings. The van der Waals surface area contributed by atoms with Crippen LogP contribution in [0.2, 0.25) is 0 Å². The molecule has 0 fully saturated rings. The molecule has 0 saturated heterocycles. The van der Waals surface area contributed by atoms with E-state index in [2.05, 4.69) is 31.3 Å². The lowest BCUT2D eigenvalue weighted by Crippen LogP contribution is -2.13. The van der Waals surface area contributed by atoms with Crippen LogP contribution in [0, 0.1) is 0 Å². The van der Waals surface area contributed by atoms with Crippen molar-refractivity contribution in [2.45, 2.75) is 232 Å². The molecule has 0 aliphatic carbocycles. The van der Waals surface area contributed by atoms with Crippen molar-refractivity contribution < 1.29 is 9.90 Å². The Labute approximate surface area is 290 Å². The van der Waals surface area contributed by atoms with Crippen LogP contribution in [0.15, 0.2) is 12.2 Å². The Bertz CT molecular complexity index is 566. The van der Waals surface area contributed by atoms with E-state index in [0.717, 1.165) is 25.9 Å². The molecule has 0 spiro atoms. The summed E-state index contributed by atoms with van der Waals surface area (Å²) < 4.78 is 0. The summed E-state index contributed by atoms with van der Waals surface area (Å²) in [5.74, 6) is -0.653. The van der Waals surface area contributed by atoms with Crippen LogP contribution in [0.5, 0.6) is 0 Å². The van der Waals surface area contributed by atoms with E-state index in [0.29, 0.717) is 6.42 Å². The Kier molecular flexibility index (Phi) is 47.5. The number of allylic oxidation sites excluding steroid dienone is 2. The van der Waals surface area contributed by atoms with Crippen molar-refractivity contribution in [3.63, 3.8) is 0 Å². The average Bonchev–Trinajstić information content (AvgIpc) is 3.05. The summed E-state index contributed by atoms with van der Waals surface area (Å²) in [6.45, 7) is 7.64. The lowest BCUT2D eigenvalue weighted by atomic mass is 10.0. The number of hydrogen-bond acceptors (Lipinski definition) is 3. The van der Waals surface area contributed by atoms with Crippen LogP contribution in [0.3, 0.4) is 0 Å². The number of nitrogens with two attached hydrogens (primary N) is 1. The lowest BCUT2D eigenvalue weighted by Gasteiger charge is -2.03. The van der Waals surface area contributed by atoms with E-state index in [9.17, 15) is 4.79 Å². The highest BCUT2D eigenvalue weighted by atomic mass is 16.4.